The average Bonchev–Trinajstić information content (AvgIpc) is 2.49. The minimum absolute atomic E-state index is 0. The van der Waals surface area contributed by atoms with Gasteiger partial charge in [0.15, 0.2) is 0 Å². The summed E-state index contributed by atoms with van der Waals surface area (Å²) in [6.07, 6.45) is 0. The number of hydrogen-bond acceptors (Lipinski definition) is 10. The zero-order valence-electron chi connectivity index (χ0n) is 13.4. The molecule has 0 aliphatic heterocycles. The molecule has 1 radical (unpaired) electrons. The molecule has 0 heterocycles. The predicted octanol–water partition coefficient (Wildman–Crippen LogP) is -0.887. The van der Waals surface area contributed by atoms with Gasteiger partial charge in [-0.2, -0.15) is 17.9 Å². The Hall–Kier alpha value is -0.811. The quantitative estimate of drug-likeness (QED) is 0.0476. The van der Waals surface area contributed by atoms with Crippen molar-refractivity contribution in [2.45, 2.75) is 11.6 Å². The first-order valence-corrected chi connectivity index (χ1v) is 8.21. The molecule has 0 saturated carbocycles. The maximum Gasteiger partial charge on any atom is 2.00 e. The average molecular weight is 466 g/mol. The molecule has 0 aromatic rings. The summed E-state index contributed by atoms with van der Waals surface area (Å²) in [6.45, 7) is 3.51. The molecule has 0 aliphatic carbocycles. The maximum atomic E-state index is 11.0. The second-order valence-corrected chi connectivity index (χ2v) is 5.98. The van der Waals surface area contributed by atoms with Crippen LogP contribution < -0.4 is 21.3 Å². The molecule has 0 aromatic heterocycles. The Balaban J connectivity index is -0.000000392. The van der Waals surface area contributed by atoms with E-state index < -0.39 is 17.6 Å². The fourth-order valence-corrected chi connectivity index (χ4v) is 1.38. The molecule has 9 nitrogen and oxygen atoms in total. The summed E-state index contributed by atoms with van der Waals surface area (Å²) in [4.78, 5) is 26.1. The molecule has 0 spiro atoms. The van der Waals surface area contributed by atoms with E-state index in [1.165, 1.54) is 13.2 Å². The number of carbonyl (C=O) groups excluding carboxylic acids is 2. The molecule has 3 amide bonds. The van der Waals surface area contributed by atoms with Gasteiger partial charge in [-0.05, 0) is 6.92 Å². The van der Waals surface area contributed by atoms with Gasteiger partial charge in [0.25, 0.3) is 5.91 Å². The third-order valence-electron chi connectivity index (χ3n) is 1.78. The van der Waals surface area contributed by atoms with E-state index >= 15 is 0 Å². The summed E-state index contributed by atoms with van der Waals surface area (Å²) in [6, 6.07) is 0.799. The van der Waals surface area contributed by atoms with Crippen LogP contribution in [0.3, 0.4) is 0 Å². The number of nitrogens with zero attached hydrogens (tertiary/aromatic N) is 2. The van der Waals surface area contributed by atoms with E-state index in [1.807, 2.05) is 5.32 Å². The van der Waals surface area contributed by atoms with Crippen LogP contribution >= 0.6 is 24.8 Å². The summed E-state index contributed by atoms with van der Waals surface area (Å²) in [7, 11) is 1.19. The number of carbonyl (C=O) groups is 2. The zero-order chi connectivity index (χ0) is 19.0. The van der Waals surface area contributed by atoms with Crippen LogP contribution in [0.15, 0.2) is 5.16 Å². The maximum absolute atomic E-state index is 11.0. The number of rotatable bonds is 7. The summed E-state index contributed by atoms with van der Waals surface area (Å²) in [5.41, 5.74) is -0.515. The van der Waals surface area contributed by atoms with Crippen LogP contribution in [0.4, 0.5) is 4.79 Å². The van der Waals surface area contributed by atoms with E-state index in [2.05, 4.69) is 63.4 Å². The number of hydrogen-bond donors (Lipinski definition) is 5. The second kappa shape index (κ2) is 19.5. The first-order valence-electron chi connectivity index (χ1n) is 6.40. The predicted molar refractivity (Wildman–Crippen MR) is 103 cm³/mol. The minimum atomic E-state index is -0.903. The Bertz CT molecular complexity index is 487. The van der Waals surface area contributed by atoms with E-state index in [-0.39, 0.29) is 21.8 Å². The third kappa shape index (κ3) is 21.1. The number of nitriles is 1. The molecule has 0 aliphatic rings. The van der Waals surface area contributed by atoms with Crippen LogP contribution in [0, 0.1) is 11.3 Å². The number of thiol groups is 1. The SMILES string of the molecule is CCNC(=O)NC(=O)/C(C#N)=N/OC.S=C([S-])NCCNC([S-])S.[Mn+2]. The fraction of sp³-hybridized carbons (Fsp3) is 0.545. The van der Waals surface area contributed by atoms with Crippen molar-refractivity contribution in [1.82, 2.24) is 21.3 Å². The molecule has 25 heavy (non-hydrogen) atoms. The largest absolute Gasteiger partial charge is 2.00 e. The van der Waals surface area contributed by atoms with Gasteiger partial charge in [0.1, 0.15) is 13.2 Å². The van der Waals surface area contributed by atoms with Gasteiger partial charge in [0.2, 0.25) is 5.71 Å². The van der Waals surface area contributed by atoms with Crippen LogP contribution in [-0.4, -0.2) is 53.4 Å². The monoisotopic (exact) mass is 465 g/mol. The molecule has 1 atom stereocenters. The standard InChI is InChI=1S/C7H10N4O3.C4H10N2S4.Mn/c1-3-9-7(13)10-6(12)5(4-8)11-14-2;7-3(8)5-1-2-6-4(9)10;/h3H2,1-2H3,(H2,9,10,12,13);3,5,7-8H,1-2H2,(H2,6,9,10);/q;;+2/p-2/b11-5+;;. The molecular weight excluding hydrogens is 447 g/mol. The first-order chi connectivity index (χ1) is 11.3. The van der Waals surface area contributed by atoms with E-state index in [1.54, 1.807) is 6.92 Å². The van der Waals surface area contributed by atoms with Gasteiger partial charge in [-0.25, -0.2) is 4.79 Å². The van der Waals surface area contributed by atoms with Crippen LogP contribution in [0.1, 0.15) is 6.92 Å². The molecule has 0 saturated heterocycles. The van der Waals surface area contributed by atoms with Gasteiger partial charge in [0, 0.05) is 19.6 Å². The van der Waals surface area contributed by atoms with Crippen molar-refractivity contribution < 1.29 is 31.5 Å². The van der Waals surface area contributed by atoms with Gasteiger partial charge in [-0.1, -0.05) is 14.2 Å². The van der Waals surface area contributed by atoms with Crippen LogP contribution in [-0.2, 0) is 52.0 Å². The number of oxime groups is 1. The Morgan fingerprint density at radius 2 is 2.00 bits per heavy atom. The second-order valence-electron chi connectivity index (χ2n) is 3.57. The van der Waals surface area contributed by atoms with Gasteiger partial charge in [-0.15, -0.1) is 0 Å². The van der Waals surface area contributed by atoms with E-state index in [0.29, 0.717) is 17.4 Å². The number of thiocarbonyl (C=S) groups is 1. The fourth-order valence-electron chi connectivity index (χ4n) is 0.931. The molecular formula is C11H18MnN6O3S4. The van der Waals surface area contributed by atoms with Crippen molar-refractivity contribution in [2.24, 2.45) is 5.16 Å². The van der Waals surface area contributed by atoms with Gasteiger partial charge >= 0.3 is 23.1 Å². The number of urea groups is 1. The Labute approximate surface area is 179 Å². The van der Waals surface area contributed by atoms with Crippen LogP contribution in [0.5, 0.6) is 0 Å². The molecule has 141 valence electrons. The molecule has 4 N–H and O–H groups in total. The minimum Gasteiger partial charge on any atom is -0.764 e. The molecule has 14 heteroatoms. The van der Waals surface area contributed by atoms with Crippen molar-refractivity contribution in [3.8, 4) is 6.07 Å². The Kier molecular flexibility index (Phi) is 22.6. The zero-order valence-corrected chi connectivity index (χ0v) is 17.9. The normalized spacial score (nSPS) is 10.6. The summed E-state index contributed by atoms with van der Waals surface area (Å²) in [5, 5.41) is 21.5. The van der Waals surface area contributed by atoms with E-state index in [9.17, 15) is 9.59 Å². The van der Waals surface area contributed by atoms with Crippen molar-refractivity contribution in [2.75, 3.05) is 26.7 Å². The third-order valence-corrected chi connectivity index (χ3v) is 2.42. The molecule has 0 bridgehead atoms. The number of nitrogens with one attached hydrogen (secondary N) is 4. The van der Waals surface area contributed by atoms with E-state index in [0.717, 1.165) is 6.54 Å². The Morgan fingerprint density at radius 3 is 2.40 bits per heavy atom. The smallest absolute Gasteiger partial charge is 0.764 e. The molecule has 0 aromatic carbocycles. The first kappa shape index (κ1) is 29.0. The number of amides is 3. The van der Waals surface area contributed by atoms with Gasteiger partial charge in [-0.3, -0.25) is 10.1 Å². The van der Waals surface area contributed by atoms with Gasteiger partial charge < -0.3 is 58.3 Å². The summed E-state index contributed by atoms with van der Waals surface area (Å²) >= 11 is 17.9. The van der Waals surface area contributed by atoms with Crippen molar-refractivity contribution >= 4 is 72.1 Å². The summed E-state index contributed by atoms with van der Waals surface area (Å²) in [5.74, 6) is -0.903. The van der Waals surface area contributed by atoms with E-state index in [4.69, 9.17) is 17.9 Å². The topological polar surface area (TPSA) is 128 Å². The van der Waals surface area contributed by atoms with Crippen molar-refractivity contribution in [1.29, 1.82) is 5.26 Å². The Morgan fingerprint density at radius 1 is 1.40 bits per heavy atom. The van der Waals surface area contributed by atoms with Crippen LogP contribution in [0.2, 0.25) is 0 Å². The van der Waals surface area contributed by atoms with Gasteiger partial charge in [0.05, 0.1) is 0 Å². The summed E-state index contributed by atoms with van der Waals surface area (Å²) < 4.78 is 0.197. The molecule has 0 fully saturated rings. The molecule has 0 rings (SSSR count). The van der Waals surface area contributed by atoms with Crippen molar-refractivity contribution in [3.63, 3.8) is 0 Å². The van der Waals surface area contributed by atoms with Crippen LogP contribution in [0.25, 0.3) is 0 Å². The molecule has 1 unspecified atom stereocenters. The number of imide groups is 1. The van der Waals surface area contributed by atoms with Crippen molar-refractivity contribution in [3.05, 3.63) is 0 Å².